The van der Waals surface area contributed by atoms with Gasteiger partial charge in [0.1, 0.15) is 0 Å². The summed E-state index contributed by atoms with van der Waals surface area (Å²) in [6.07, 6.45) is 1.72. The van der Waals surface area contributed by atoms with Gasteiger partial charge in [-0.15, -0.1) is 0 Å². The zero-order valence-electron chi connectivity index (χ0n) is 15.3. The Morgan fingerprint density at radius 1 is 1.12 bits per heavy atom. The number of anilines is 1. The minimum absolute atomic E-state index is 0.0592. The summed E-state index contributed by atoms with van der Waals surface area (Å²) in [7, 11) is 1.87. The molecule has 0 aliphatic heterocycles. The Kier molecular flexibility index (Phi) is 5.49. The van der Waals surface area contributed by atoms with Gasteiger partial charge in [-0.1, -0.05) is 42.5 Å². The Labute approximate surface area is 153 Å². The topological polar surface area (TPSA) is 58.4 Å². The third-order valence-corrected chi connectivity index (χ3v) is 4.31. The number of oxazole rings is 1. The number of carbonyl (C=O) groups is 1. The van der Waals surface area contributed by atoms with Gasteiger partial charge >= 0.3 is 0 Å². The number of amides is 1. The van der Waals surface area contributed by atoms with Gasteiger partial charge in [-0.2, -0.15) is 0 Å². The highest BCUT2D eigenvalue weighted by Gasteiger charge is 2.12. The molecule has 0 bridgehead atoms. The van der Waals surface area contributed by atoms with E-state index in [1.807, 2.05) is 74.3 Å². The second kappa shape index (κ2) is 7.97. The van der Waals surface area contributed by atoms with Crippen LogP contribution >= 0.6 is 0 Å². The predicted molar refractivity (Wildman–Crippen MR) is 103 cm³/mol. The van der Waals surface area contributed by atoms with Crippen molar-refractivity contribution in [3.63, 3.8) is 0 Å². The summed E-state index contributed by atoms with van der Waals surface area (Å²) in [6.45, 7) is 4.76. The van der Waals surface area contributed by atoms with Gasteiger partial charge in [0, 0.05) is 11.3 Å². The molecule has 2 aromatic carbocycles. The Bertz CT molecular complexity index is 887. The SMILES string of the molecule is Cc1cccc(NC(=O)CN(C)Cc2ncc(-c3ccccc3)o2)c1C. The van der Waals surface area contributed by atoms with Crippen molar-refractivity contribution in [1.82, 2.24) is 9.88 Å². The van der Waals surface area contributed by atoms with Gasteiger partial charge in [-0.3, -0.25) is 9.69 Å². The number of carbonyl (C=O) groups excluding carboxylic acids is 1. The third kappa shape index (κ3) is 4.37. The van der Waals surface area contributed by atoms with E-state index >= 15 is 0 Å². The van der Waals surface area contributed by atoms with Crippen molar-refractivity contribution >= 4 is 11.6 Å². The van der Waals surface area contributed by atoms with Crippen molar-refractivity contribution in [3.05, 3.63) is 71.7 Å². The van der Waals surface area contributed by atoms with E-state index in [4.69, 9.17) is 4.42 Å². The molecule has 1 heterocycles. The second-order valence-corrected chi connectivity index (χ2v) is 6.45. The molecule has 0 unspecified atom stereocenters. The van der Waals surface area contributed by atoms with Crippen LogP contribution in [-0.2, 0) is 11.3 Å². The fraction of sp³-hybridized carbons (Fsp3) is 0.238. The van der Waals surface area contributed by atoms with Gasteiger partial charge in [0.15, 0.2) is 5.76 Å². The Hall–Kier alpha value is -2.92. The summed E-state index contributed by atoms with van der Waals surface area (Å²) in [5.74, 6) is 1.26. The molecule has 0 fully saturated rings. The first-order valence-corrected chi connectivity index (χ1v) is 8.57. The van der Waals surface area contributed by atoms with Crippen LogP contribution in [0.25, 0.3) is 11.3 Å². The lowest BCUT2D eigenvalue weighted by atomic mass is 10.1. The van der Waals surface area contributed by atoms with Crippen LogP contribution in [0.1, 0.15) is 17.0 Å². The van der Waals surface area contributed by atoms with E-state index in [-0.39, 0.29) is 12.5 Å². The zero-order chi connectivity index (χ0) is 18.5. The molecule has 1 aromatic heterocycles. The van der Waals surface area contributed by atoms with E-state index in [2.05, 4.69) is 10.3 Å². The van der Waals surface area contributed by atoms with Crippen LogP contribution in [0.2, 0.25) is 0 Å². The minimum atomic E-state index is -0.0592. The summed E-state index contributed by atoms with van der Waals surface area (Å²) >= 11 is 0. The molecule has 0 atom stereocenters. The molecule has 1 N–H and O–H groups in total. The monoisotopic (exact) mass is 349 g/mol. The lowest BCUT2D eigenvalue weighted by Crippen LogP contribution is -2.30. The summed E-state index contributed by atoms with van der Waals surface area (Å²) in [6, 6.07) is 15.7. The maximum absolute atomic E-state index is 12.3. The second-order valence-electron chi connectivity index (χ2n) is 6.45. The van der Waals surface area contributed by atoms with Crippen LogP contribution in [0.3, 0.4) is 0 Å². The quantitative estimate of drug-likeness (QED) is 0.730. The molecule has 0 aliphatic carbocycles. The number of nitrogens with one attached hydrogen (secondary N) is 1. The molecule has 0 radical (unpaired) electrons. The van der Waals surface area contributed by atoms with Gasteiger partial charge in [0.25, 0.3) is 0 Å². The third-order valence-electron chi connectivity index (χ3n) is 4.31. The smallest absolute Gasteiger partial charge is 0.238 e. The van der Waals surface area contributed by atoms with Crippen molar-refractivity contribution in [1.29, 1.82) is 0 Å². The number of hydrogen-bond acceptors (Lipinski definition) is 4. The number of rotatable bonds is 6. The van der Waals surface area contributed by atoms with Crippen molar-refractivity contribution in [3.8, 4) is 11.3 Å². The maximum Gasteiger partial charge on any atom is 0.238 e. The van der Waals surface area contributed by atoms with Gasteiger partial charge in [0.05, 0.1) is 19.3 Å². The molecular weight excluding hydrogens is 326 g/mol. The highest BCUT2D eigenvalue weighted by Crippen LogP contribution is 2.20. The first-order chi connectivity index (χ1) is 12.5. The maximum atomic E-state index is 12.3. The molecular formula is C21H23N3O2. The van der Waals surface area contributed by atoms with Crippen molar-refractivity contribution in [2.45, 2.75) is 20.4 Å². The standard InChI is InChI=1S/C21H23N3O2/c1-15-8-7-11-18(16(15)2)23-20(25)13-24(3)14-21-22-12-19(26-21)17-9-5-4-6-10-17/h4-12H,13-14H2,1-3H3,(H,23,25). The van der Waals surface area contributed by atoms with E-state index in [9.17, 15) is 4.79 Å². The van der Waals surface area contributed by atoms with Crippen LogP contribution in [-0.4, -0.2) is 29.4 Å². The number of hydrogen-bond donors (Lipinski definition) is 1. The van der Waals surface area contributed by atoms with Crippen LogP contribution in [0.4, 0.5) is 5.69 Å². The largest absolute Gasteiger partial charge is 0.439 e. The molecule has 0 aliphatic rings. The average Bonchev–Trinajstić information content (AvgIpc) is 3.08. The average molecular weight is 349 g/mol. The van der Waals surface area contributed by atoms with Gasteiger partial charge in [-0.05, 0) is 38.1 Å². The minimum Gasteiger partial charge on any atom is -0.439 e. The number of aryl methyl sites for hydroxylation is 1. The Morgan fingerprint density at radius 3 is 2.65 bits per heavy atom. The van der Waals surface area contributed by atoms with Crippen LogP contribution in [0, 0.1) is 13.8 Å². The number of likely N-dealkylation sites (N-methyl/N-ethyl adjacent to an activating group) is 1. The van der Waals surface area contributed by atoms with E-state index in [1.165, 1.54) is 0 Å². The molecule has 3 aromatic rings. The van der Waals surface area contributed by atoms with Crippen LogP contribution in [0.15, 0.2) is 59.1 Å². The van der Waals surface area contributed by atoms with Gasteiger partial charge in [0.2, 0.25) is 11.8 Å². The van der Waals surface area contributed by atoms with E-state index in [1.54, 1.807) is 6.20 Å². The Morgan fingerprint density at radius 2 is 1.88 bits per heavy atom. The molecule has 1 amide bonds. The normalized spacial score (nSPS) is 10.9. The van der Waals surface area contributed by atoms with E-state index < -0.39 is 0 Å². The Balaban J connectivity index is 1.57. The molecule has 0 spiro atoms. The van der Waals surface area contributed by atoms with Crippen molar-refractivity contribution < 1.29 is 9.21 Å². The van der Waals surface area contributed by atoms with Crippen LogP contribution in [0.5, 0.6) is 0 Å². The van der Waals surface area contributed by atoms with E-state index in [0.29, 0.717) is 12.4 Å². The lowest BCUT2D eigenvalue weighted by Gasteiger charge is -2.15. The summed E-state index contributed by atoms with van der Waals surface area (Å²) in [5, 5.41) is 2.97. The first-order valence-electron chi connectivity index (χ1n) is 8.57. The van der Waals surface area contributed by atoms with Gasteiger partial charge < -0.3 is 9.73 Å². The number of nitrogens with zero attached hydrogens (tertiary/aromatic N) is 2. The highest BCUT2D eigenvalue weighted by molar-refractivity contribution is 5.93. The highest BCUT2D eigenvalue weighted by atomic mass is 16.4. The number of benzene rings is 2. The fourth-order valence-electron chi connectivity index (χ4n) is 2.73. The lowest BCUT2D eigenvalue weighted by molar-refractivity contribution is -0.117. The van der Waals surface area contributed by atoms with Crippen LogP contribution < -0.4 is 5.32 Å². The molecule has 5 nitrogen and oxygen atoms in total. The van der Waals surface area contributed by atoms with Crippen molar-refractivity contribution in [2.75, 3.05) is 18.9 Å². The zero-order valence-corrected chi connectivity index (χ0v) is 15.3. The predicted octanol–water partition coefficient (Wildman–Crippen LogP) is 4.03. The summed E-state index contributed by atoms with van der Waals surface area (Å²) < 4.78 is 5.79. The van der Waals surface area contributed by atoms with E-state index in [0.717, 1.165) is 28.1 Å². The number of aromatic nitrogens is 1. The fourth-order valence-corrected chi connectivity index (χ4v) is 2.73. The molecule has 5 heteroatoms. The molecule has 134 valence electrons. The first kappa shape index (κ1) is 17.9. The molecule has 3 rings (SSSR count). The summed E-state index contributed by atoms with van der Waals surface area (Å²) in [4.78, 5) is 18.5. The summed E-state index contributed by atoms with van der Waals surface area (Å²) in [5.41, 5.74) is 4.08. The van der Waals surface area contributed by atoms with Gasteiger partial charge in [-0.25, -0.2) is 4.98 Å². The molecule has 0 saturated carbocycles. The molecule has 26 heavy (non-hydrogen) atoms. The molecule has 0 saturated heterocycles. The van der Waals surface area contributed by atoms with Crippen molar-refractivity contribution in [2.24, 2.45) is 0 Å².